The zero-order chi connectivity index (χ0) is 11.9. The fourth-order valence-electron chi connectivity index (χ4n) is 1.15. The number of thiazole rings is 1. The van der Waals surface area contributed by atoms with Gasteiger partial charge in [-0.25, -0.2) is 9.78 Å². The smallest absolute Gasteiger partial charge is 0.347 e. The minimum atomic E-state index is -0.942. The first-order chi connectivity index (χ1) is 7.49. The van der Waals surface area contributed by atoms with E-state index in [1.54, 1.807) is 6.92 Å². The van der Waals surface area contributed by atoms with Crippen molar-refractivity contribution < 1.29 is 9.90 Å². The lowest BCUT2D eigenvalue weighted by Crippen LogP contribution is -1.94. The Hall–Kier alpha value is -0.430. The third-order valence-corrected chi connectivity index (χ3v) is 5.64. The first-order valence-electron chi connectivity index (χ1n) is 4.15. The fourth-order valence-corrected chi connectivity index (χ4v) is 3.80. The molecule has 0 atom stereocenters. The number of carbonyl (C=O) groups is 1. The van der Waals surface area contributed by atoms with Crippen LogP contribution in [0.25, 0.3) is 9.88 Å². The molecule has 84 valence electrons. The molecule has 0 saturated carbocycles. The Morgan fingerprint density at radius 3 is 2.69 bits per heavy atom. The Bertz CT molecular complexity index is 544. The van der Waals surface area contributed by atoms with Gasteiger partial charge in [-0.1, -0.05) is 11.6 Å². The number of rotatable bonds is 2. The van der Waals surface area contributed by atoms with Gasteiger partial charge < -0.3 is 5.11 Å². The van der Waals surface area contributed by atoms with Crippen molar-refractivity contribution in [2.75, 3.05) is 0 Å². The lowest BCUT2D eigenvalue weighted by molar-refractivity contribution is 0.0701. The van der Waals surface area contributed by atoms with Gasteiger partial charge in [0.25, 0.3) is 0 Å². The van der Waals surface area contributed by atoms with Gasteiger partial charge in [-0.05, 0) is 28.9 Å². The standard InChI is InChI=1S/C9H5BrClNO2S2/c1-3-6(9(13)14)16-8(12-3)5-2-4(10)7(11)15-5/h2H,1H3,(H,13,14). The monoisotopic (exact) mass is 337 g/mol. The van der Waals surface area contributed by atoms with Gasteiger partial charge in [0.05, 0.1) is 10.6 Å². The second-order valence-corrected chi connectivity index (χ2v) is 6.48. The minimum Gasteiger partial charge on any atom is -0.477 e. The topological polar surface area (TPSA) is 50.2 Å². The molecule has 3 nitrogen and oxygen atoms in total. The van der Waals surface area contributed by atoms with Crippen LogP contribution in [0, 0.1) is 6.92 Å². The van der Waals surface area contributed by atoms with Crippen molar-refractivity contribution >= 4 is 56.2 Å². The van der Waals surface area contributed by atoms with Gasteiger partial charge >= 0.3 is 5.97 Å². The van der Waals surface area contributed by atoms with Gasteiger partial charge in [0.15, 0.2) is 0 Å². The second-order valence-electron chi connectivity index (χ2n) is 2.97. The molecule has 0 unspecified atom stereocenters. The Morgan fingerprint density at radius 2 is 2.25 bits per heavy atom. The number of aromatic carboxylic acids is 1. The normalized spacial score (nSPS) is 10.7. The van der Waals surface area contributed by atoms with Gasteiger partial charge in [0.2, 0.25) is 0 Å². The second kappa shape index (κ2) is 4.44. The predicted molar refractivity (Wildman–Crippen MR) is 69.8 cm³/mol. The summed E-state index contributed by atoms with van der Waals surface area (Å²) in [6, 6.07) is 1.84. The average molecular weight is 339 g/mol. The van der Waals surface area contributed by atoms with Crippen LogP contribution in [0.1, 0.15) is 15.4 Å². The third-order valence-electron chi connectivity index (χ3n) is 1.85. The van der Waals surface area contributed by atoms with E-state index in [-0.39, 0.29) is 4.88 Å². The van der Waals surface area contributed by atoms with Crippen molar-refractivity contribution in [1.82, 2.24) is 4.98 Å². The number of hydrogen-bond acceptors (Lipinski definition) is 4. The summed E-state index contributed by atoms with van der Waals surface area (Å²) in [5, 5.41) is 9.61. The zero-order valence-electron chi connectivity index (χ0n) is 7.95. The number of aromatic nitrogens is 1. The number of halogens is 2. The quantitative estimate of drug-likeness (QED) is 0.888. The van der Waals surface area contributed by atoms with Crippen molar-refractivity contribution in [3.63, 3.8) is 0 Å². The van der Waals surface area contributed by atoms with Crippen LogP contribution >= 0.6 is 50.2 Å². The van der Waals surface area contributed by atoms with E-state index in [2.05, 4.69) is 20.9 Å². The van der Waals surface area contributed by atoms with Crippen molar-refractivity contribution in [3.05, 3.63) is 25.4 Å². The fraction of sp³-hybridized carbons (Fsp3) is 0.111. The van der Waals surface area contributed by atoms with Crippen molar-refractivity contribution in [2.45, 2.75) is 6.92 Å². The Kier molecular flexibility index (Phi) is 3.34. The lowest BCUT2D eigenvalue weighted by atomic mass is 10.4. The average Bonchev–Trinajstić information content (AvgIpc) is 2.71. The van der Waals surface area contributed by atoms with Crippen molar-refractivity contribution in [3.8, 4) is 9.88 Å². The van der Waals surface area contributed by atoms with Crippen LogP contribution in [0.5, 0.6) is 0 Å². The van der Waals surface area contributed by atoms with E-state index in [1.807, 2.05) is 6.07 Å². The molecule has 0 fully saturated rings. The molecule has 0 aliphatic rings. The van der Waals surface area contributed by atoms with Gasteiger partial charge in [0.1, 0.15) is 14.2 Å². The molecule has 2 aromatic heterocycles. The number of thiophene rings is 1. The molecule has 2 heterocycles. The lowest BCUT2D eigenvalue weighted by Gasteiger charge is -1.85. The van der Waals surface area contributed by atoms with Gasteiger partial charge in [0, 0.05) is 4.47 Å². The van der Waals surface area contributed by atoms with Crippen LogP contribution in [0.15, 0.2) is 10.5 Å². The Balaban J connectivity index is 2.49. The highest BCUT2D eigenvalue weighted by Crippen LogP contribution is 2.39. The molecule has 0 bridgehead atoms. The van der Waals surface area contributed by atoms with Crippen LogP contribution in [0.2, 0.25) is 4.34 Å². The van der Waals surface area contributed by atoms with Crippen LogP contribution in [0.4, 0.5) is 0 Å². The SMILES string of the molecule is Cc1nc(-c2cc(Br)c(Cl)s2)sc1C(=O)O. The van der Waals surface area contributed by atoms with Crippen LogP contribution in [-0.2, 0) is 0 Å². The summed E-state index contributed by atoms with van der Waals surface area (Å²) in [6.45, 7) is 1.69. The maximum atomic E-state index is 10.9. The van der Waals surface area contributed by atoms with Crippen LogP contribution in [0.3, 0.4) is 0 Å². The summed E-state index contributed by atoms with van der Waals surface area (Å²) in [5.74, 6) is -0.942. The van der Waals surface area contributed by atoms with E-state index < -0.39 is 5.97 Å². The summed E-state index contributed by atoms with van der Waals surface area (Å²) in [6.07, 6.45) is 0. The summed E-state index contributed by atoms with van der Waals surface area (Å²) in [7, 11) is 0. The van der Waals surface area contributed by atoms with Crippen molar-refractivity contribution in [1.29, 1.82) is 0 Å². The van der Waals surface area contributed by atoms with Crippen LogP contribution in [-0.4, -0.2) is 16.1 Å². The zero-order valence-corrected chi connectivity index (χ0v) is 11.9. The summed E-state index contributed by atoms with van der Waals surface area (Å²) < 4.78 is 1.44. The molecule has 1 N–H and O–H groups in total. The predicted octanol–water partition coefficient (Wildman–Crippen LogP) is 4.29. The van der Waals surface area contributed by atoms with E-state index in [4.69, 9.17) is 16.7 Å². The molecule has 0 radical (unpaired) electrons. The third kappa shape index (κ3) is 2.15. The molecule has 16 heavy (non-hydrogen) atoms. The molecule has 0 aromatic carbocycles. The highest BCUT2D eigenvalue weighted by atomic mass is 79.9. The number of hydrogen-bond donors (Lipinski definition) is 1. The summed E-state index contributed by atoms with van der Waals surface area (Å²) >= 11 is 11.8. The number of nitrogens with zero attached hydrogens (tertiary/aromatic N) is 1. The minimum absolute atomic E-state index is 0.274. The van der Waals surface area contributed by atoms with Gasteiger partial charge in [-0.15, -0.1) is 22.7 Å². The van der Waals surface area contributed by atoms with E-state index in [0.717, 1.165) is 20.7 Å². The summed E-state index contributed by atoms with van der Waals surface area (Å²) in [5.41, 5.74) is 0.535. The maximum Gasteiger partial charge on any atom is 0.347 e. The molecule has 2 rings (SSSR count). The van der Waals surface area contributed by atoms with E-state index >= 15 is 0 Å². The highest BCUT2D eigenvalue weighted by molar-refractivity contribution is 9.10. The van der Waals surface area contributed by atoms with Gasteiger partial charge in [-0.2, -0.15) is 0 Å². The molecule has 0 amide bonds. The van der Waals surface area contributed by atoms with E-state index in [1.165, 1.54) is 11.3 Å². The van der Waals surface area contributed by atoms with Gasteiger partial charge in [-0.3, -0.25) is 0 Å². The molecule has 0 aliphatic heterocycles. The Morgan fingerprint density at radius 1 is 1.56 bits per heavy atom. The van der Waals surface area contributed by atoms with E-state index in [0.29, 0.717) is 15.0 Å². The Labute approximate surface area is 113 Å². The largest absolute Gasteiger partial charge is 0.477 e. The molecule has 0 saturated heterocycles. The first kappa shape index (κ1) is 12.0. The molecular weight excluding hydrogens is 334 g/mol. The molecular formula is C9H5BrClNO2S2. The van der Waals surface area contributed by atoms with Crippen molar-refractivity contribution in [2.24, 2.45) is 0 Å². The summed E-state index contributed by atoms with van der Waals surface area (Å²) in [4.78, 5) is 16.2. The number of carboxylic acid groups (broad SMARTS) is 1. The first-order valence-corrected chi connectivity index (χ1v) is 6.95. The number of carboxylic acids is 1. The van der Waals surface area contributed by atoms with E-state index in [9.17, 15) is 4.79 Å². The molecule has 0 aliphatic carbocycles. The molecule has 7 heteroatoms. The molecule has 2 aromatic rings. The number of aryl methyl sites for hydroxylation is 1. The highest BCUT2D eigenvalue weighted by Gasteiger charge is 2.17. The van der Waals surface area contributed by atoms with Crippen LogP contribution < -0.4 is 0 Å². The molecule has 0 spiro atoms. The maximum absolute atomic E-state index is 10.9.